The monoisotopic (exact) mass is 591 g/mol. The summed E-state index contributed by atoms with van der Waals surface area (Å²) in [5, 5.41) is 10.0. The summed E-state index contributed by atoms with van der Waals surface area (Å²) in [7, 11) is 2.15. The number of rotatable bonds is 6. The molecule has 1 N–H and O–H groups in total. The summed E-state index contributed by atoms with van der Waals surface area (Å²) in [5.74, 6) is 0.184. The van der Waals surface area contributed by atoms with Crippen molar-refractivity contribution in [1.82, 2.24) is 19.4 Å². The van der Waals surface area contributed by atoms with Gasteiger partial charge in [0.05, 0.1) is 11.5 Å². The standard InChI is InChI=1S/C30H34BrN5O3/c1-35-17-6-3-9-23(35)28-34-21-8-7-16-32-27(21)36(28)20-12-10-19(11-13-20)18-22(29(38)39)33-25-24(31)26(37)30(25)14-4-2-5-15-30/h7-8,10-13,16,22-24H,2-6,9,14-15,17-18H2,1H3,(H,38,39)/t22-,23-,24?/m0/s1. The van der Waals surface area contributed by atoms with Crippen LogP contribution in [0.25, 0.3) is 16.9 Å². The lowest BCUT2D eigenvalue weighted by Crippen LogP contribution is -2.61. The first-order chi connectivity index (χ1) is 18.9. The number of carbonyl (C=O) groups excluding carboxylic acids is 1. The van der Waals surface area contributed by atoms with Gasteiger partial charge in [-0.15, -0.1) is 0 Å². The number of halogens is 1. The molecule has 3 heterocycles. The molecule has 1 unspecified atom stereocenters. The molecule has 8 nitrogen and oxygen atoms in total. The highest BCUT2D eigenvalue weighted by Crippen LogP contribution is 2.49. The van der Waals surface area contributed by atoms with Crippen LogP contribution in [0.5, 0.6) is 0 Å². The summed E-state index contributed by atoms with van der Waals surface area (Å²) in [6, 6.07) is 11.2. The molecule has 0 amide bonds. The van der Waals surface area contributed by atoms with E-state index in [1.165, 1.54) is 12.8 Å². The number of carbonyl (C=O) groups is 2. The van der Waals surface area contributed by atoms with Crippen molar-refractivity contribution in [1.29, 1.82) is 0 Å². The molecule has 2 saturated carbocycles. The molecule has 1 aliphatic heterocycles. The Morgan fingerprint density at radius 3 is 2.64 bits per heavy atom. The summed E-state index contributed by atoms with van der Waals surface area (Å²) < 4.78 is 2.14. The zero-order chi connectivity index (χ0) is 27.1. The average Bonchev–Trinajstić information content (AvgIpc) is 3.35. The minimum Gasteiger partial charge on any atom is -0.480 e. The molecular formula is C30H34BrN5O3. The largest absolute Gasteiger partial charge is 0.480 e. The molecule has 204 valence electrons. The van der Waals surface area contributed by atoms with E-state index in [0.29, 0.717) is 0 Å². The first-order valence-corrected chi connectivity index (χ1v) is 14.9. The summed E-state index contributed by atoms with van der Waals surface area (Å²) >= 11 is 3.47. The van der Waals surface area contributed by atoms with Crippen molar-refractivity contribution in [3.63, 3.8) is 0 Å². The molecule has 0 bridgehead atoms. The van der Waals surface area contributed by atoms with Gasteiger partial charge in [-0.25, -0.2) is 14.8 Å². The number of aromatic nitrogens is 3. The number of carboxylic acid groups (broad SMARTS) is 1. The molecule has 2 aliphatic carbocycles. The van der Waals surface area contributed by atoms with E-state index in [2.05, 4.69) is 37.4 Å². The molecule has 39 heavy (non-hydrogen) atoms. The summed E-state index contributed by atoms with van der Waals surface area (Å²) in [6.07, 6.45) is 10.1. The number of likely N-dealkylation sites (tertiary alicyclic amines) is 1. The zero-order valence-corrected chi connectivity index (χ0v) is 23.8. The van der Waals surface area contributed by atoms with Crippen molar-refractivity contribution in [3.05, 3.63) is 54.0 Å². The fraction of sp³-hybridized carbons (Fsp3) is 0.500. The topological polar surface area (TPSA) is 101 Å². The third-order valence-electron chi connectivity index (χ3n) is 8.85. The van der Waals surface area contributed by atoms with Gasteiger partial charge in [-0.3, -0.25) is 19.3 Å². The van der Waals surface area contributed by atoms with Crippen LogP contribution in [0, 0.1) is 5.41 Å². The van der Waals surface area contributed by atoms with Gasteiger partial charge in [-0.1, -0.05) is 53.7 Å². The molecule has 3 fully saturated rings. The van der Waals surface area contributed by atoms with Crippen molar-refractivity contribution in [2.45, 2.75) is 74.7 Å². The molecule has 1 saturated heterocycles. The quantitative estimate of drug-likeness (QED) is 0.390. The fourth-order valence-electron chi connectivity index (χ4n) is 6.67. The Labute approximate surface area is 236 Å². The van der Waals surface area contributed by atoms with Crippen LogP contribution in [0.3, 0.4) is 0 Å². The predicted molar refractivity (Wildman–Crippen MR) is 154 cm³/mol. The molecule has 3 aliphatic rings. The average molecular weight is 593 g/mol. The van der Waals surface area contributed by atoms with Crippen LogP contribution in [0.1, 0.15) is 68.8 Å². The number of piperidine rings is 1. The maximum atomic E-state index is 12.8. The summed E-state index contributed by atoms with van der Waals surface area (Å²) in [6.45, 7) is 1.04. The molecule has 1 spiro atoms. The molecule has 9 heteroatoms. The lowest BCUT2D eigenvalue weighted by Gasteiger charge is -2.47. The van der Waals surface area contributed by atoms with Gasteiger partial charge in [0, 0.05) is 24.0 Å². The number of benzene rings is 1. The van der Waals surface area contributed by atoms with Crippen LogP contribution < -0.4 is 0 Å². The normalized spacial score (nSPS) is 25.2. The van der Waals surface area contributed by atoms with Gasteiger partial charge in [0.25, 0.3) is 0 Å². The smallest absolute Gasteiger partial charge is 0.328 e. The number of pyridine rings is 1. The maximum Gasteiger partial charge on any atom is 0.328 e. The van der Waals surface area contributed by atoms with Crippen LogP contribution in [-0.2, 0) is 16.0 Å². The highest BCUT2D eigenvalue weighted by molar-refractivity contribution is 9.10. The SMILES string of the molecule is CN1CCCC[C@H]1c1nc2cccnc2n1-c1ccc(C[C@H](N=C2C(Br)C(=O)C23CCCCC3)C(=O)O)cc1. The predicted octanol–water partition coefficient (Wildman–Crippen LogP) is 5.31. The molecule has 0 radical (unpaired) electrons. The highest BCUT2D eigenvalue weighted by Gasteiger charge is 2.58. The van der Waals surface area contributed by atoms with Crippen molar-refractivity contribution >= 4 is 44.6 Å². The third kappa shape index (κ3) is 4.63. The van der Waals surface area contributed by atoms with E-state index in [4.69, 9.17) is 9.98 Å². The number of aliphatic imine (C=N–C) groups is 1. The molecule has 3 atom stereocenters. The van der Waals surface area contributed by atoms with Crippen LogP contribution in [0.2, 0.25) is 0 Å². The maximum absolute atomic E-state index is 12.8. The Bertz CT molecular complexity index is 1430. The van der Waals surface area contributed by atoms with Crippen LogP contribution in [0.15, 0.2) is 47.6 Å². The van der Waals surface area contributed by atoms with E-state index >= 15 is 0 Å². The van der Waals surface area contributed by atoms with E-state index < -0.39 is 22.3 Å². The minimum absolute atomic E-state index is 0.162. The number of ketones is 1. The van der Waals surface area contributed by atoms with Gasteiger partial charge >= 0.3 is 5.97 Å². The van der Waals surface area contributed by atoms with E-state index in [9.17, 15) is 14.7 Å². The second kappa shape index (κ2) is 10.6. The Balaban J connectivity index is 1.29. The molecule has 3 aromatic rings. The van der Waals surface area contributed by atoms with E-state index in [1.807, 2.05) is 36.4 Å². The van der Waals surface area contributed by atoms with Gasteiger partial charge in [0.2, 0.25) is 0 Å². The molecule has 1 aromatic carbocycles. The lowest BCUT2D eigenvalue weighted by molar-refractivity contribution is -0.138. The van der Waals surface area contributed by atoms with Crippen molar-refractivity contribution < 1.29 is 14.7 Å². The van der Waals surface area contributed by atoms with Crippen LogP contribution in [0.4, 0.5) is 0 Å². The number of nitrogens with zero attached hydrogens (tertiary/aromatic N) is 5. The van der Waals surface area contributed by atoms with Gasteiger partial charge in [-0.2, -0.15) is 0 Å². The summed E-state index contributed by atoms with van der Waals surface area (Å²) in [5.41, 5.74) is 3.71. The Morgan fingerprint density at radius 2 is 1.92 bits per heavy atom. The van der Waals surface area contributed by atoms with Crippen molar-refractivity contribution in [2.75, 3.05) is 13.6 Å². The van der Waals surface area contributed by atoms with Crippen LogP contribution in [-0.4, -0.2) is 66.5 Å². The second-order valence-electron chi connectivity index (χ2n) is 11.3. The van der Waals surface area contributed by atoms with Gasteiger partial charge in [0.1, 0.15) is 16.2 Å². The Kier molecular flexibility index (Phi) is 7.14. The summed E-state index contributed by atoms with van der Waals surface area (Å²) in [4.78, 5) is 41.3. The zero-order valence-electron chi connectivity index (χ0n) is 22.2. The van der Waals surface area contributed by atoms with Crippen LogP contribution >= 0.6 is 15.9 Å². The number of aliphatic carboxylic acids is 1. The van der Waals surface area contributed by atoms with Gasteiger partial charge in [-0.05, 0) is 69.1 Å². The molecule has 6 rings (SSSR count). The van der Waals surface area contributed by atoms with Crippen molar-refractivity contribution in [2.24, 2.45) is 10.4 Å². The molecule has 2 aromatic heterocycles. The number of hydrogen-bond acceptors (Lipinski definition) is 6. The minimum atomic E-state index is -0.969. The van der Waals surface area contributed by atoms with E-state index in [1.54, 1.807) is 6.20 Å². The number of imidazole rings is 1. The Morgan fingerprint density at radius 1 is 1.15 bits per heavy atom. The number of carboxylic acids is 1. The van der Waals surface area contributed by atoms with E-state index in [0.717, 1.165) is 79.0 Å². The number of Topliss-reactive ketones (excluding diaryl/α,β-unsaturated/α-hetero) is 1. The second-order valence-corrected chi connectivity index (χ2v) is 12.2. The third-order valence-corrected chi connectivity index (χ3v) is 9.70. The number of hydrogen-bond donors (Lipinski definition) is 1. The van der Waals surface area contributed by atoms with Gasteiger partial charge < -0.3 is 5.11 Å². The fourth-order valence-corrected chi connectivity index (χ4v) is 7.67. The number of fused-ring (bicyclic) bond motifs is 1. The van der Waals surface area contributed by atoms with Gasteiger partial charge in [0.15, 0.2) is 17.5 Å². The highest BCUT2D eigenvalue weighted by atomic mass is 79.9. The Hall–Kier alpha value is -2.91. The first-order valence-electron chi connectivity index (χ1n) is 14.0. The number of alkyl halides is 1. The van der Waals surface area contributed by atoms with Crippen molar-refractivity contribution in [3.8, 4) is 5.69 Å². The lowest BCUT2D eigenvalue weighted by atomic mass is 9.58. The van der Waals surface area contributed by atoms with E-state index in [-0.39, 0.29) is 18.2 Å². The first kappa shape index (κ1) is 26.3. The molecular weight excluding hydrogens is 558 g/mol.